The van der Waals surface area contributed by atoms with Gasteiger partial charge in [0.1, 0.15) is 12.1 Å². The topological polar surface area (TPSA) is 260 Å². The van der Waals surface area contributed by atoms with Crippen LogP contribution >= 0.6 is 0 Å². The first-order chi connectivity index (χ1) is 15.8. The van der Waals surface area contributed by atoms with E-state index in [1.807, 2.05) is 0 Å². The molecule has 0 aromatic heterocycles. The Bertz CT molecular complexity index is 906. The first kappa shape index (κ1) is 27.7. The highest BCUT2D eigenvalue weighted by Gasteiger charge is 2.24. The van der Waals surface area contributed by atoms with E-state index in [0.29, 0.717) is 11.1 Å². The van der Waals surface area contributed by atoms with Crippen LogP contribution in [0.3, 0.4) is 0 Å². The number of hydrogen-bond acceptors (Lipinski definition) is 10. The van der Waals surface area contributed by atoms with Crippen LogP contribution in [0.4, 0.5) is 0 Å². The molecule has 12 N–H and O–H groups in total. The maximum atomic E-state index is 11.4. The van der Waals surface area contributed by atoms with E-state index in [4.69, 9.17) is 33.4 Å². The summed E-state index contributed by atoms with van der Waals surface area (Å²) in [6.45, 7) is 0. The van der Waals surface area contributed by atoms with Crippen LogP contribution in [0.25, 0.3) is 11.4 Å². The van der Waals surface area contributed by atoms with Crippen molar-refractivity contribution in [2.75, 3.05) is 0 Å². The van der Waals surface area contributed by atoms with Crippen LogP contribution in [-0.4, -0.2) is 66.4 Å². The highest BCUT2D eigenvalue weighted by Crippen LogP contribution is 2.18. The van der Waals surface area contributed by atoms with Gasteiger partial charge in [-0.15, -0.1) is 0 Å². The Morgan fingerprint density at radius 2 is 1.12 bits per heavy atom. The van der Waals surface area contributed by atoms with E-state index in [1.54, 1.807) is 18.2 Å². The number of carbonyl (C=O) groups is 4. The van der Waals surface area contributed by atoms with Crippen molar-refractivity contribution in [1.82, 2.24) is 10.0 Å². The molecule has 0 fully saturated rings. The third-order valence-corrected chi connectivity index (χ3v) is 4.66. The van der Waals surface area contributed by atoms with Crippen LogP contribution < -0.4 is 23.2 Å². The molecule has 0 saturated heterocycles. The minimum atomic E-state index is -1.33. The maximum Gasteiger partial charge on any atom is 0.327 e. The van der Waals surface area contributed by atoms with E-state index < -0.39 is 48.8 Å². The Morgan fingerprint density at radius 3 is 1.41 bits per heavy atom. The van der Waals surface area contributed by atoms with Gasteiger partial charge in [0, 0.05) is 25.2 Å². The fourth-order valence-electron chi connectivity index (χ4n) is 2.85. The Kier molecular flexibility index (Phi) is 10.3. The second-order valence-corrected chi connectivity index (χ2v) is 7.22. The molecule has 0 radical (unpaired) electrons. The van der Waals surface area contributed by atoms with Crippen molar-refractivity contribution in [3.8, 4) is 0 Å². The second kappa shape index (κ2) is 12.7. The number of carboxylic acid groups (broad SMARTS) is 4. The van der Waals surface area contributed by atoms with Gasteiger partial charge in [0.2, 0.25) is 0 Å². The molecule has 0 aliphatic heterocycles. The number of nitrogens with zero attached hydrogens (tertiary/aromatic N) is 2. The van der Waals surface area contributed by atoms with Crippen molar-refractivity contribution in [2.45, 2.75) is 37.8 Å². The molecule has 34 heavy (non-hydrogen) atoms. The average Bonchev–Trinajstić information content (AvgIpc) is 2.72. The van der Waals surface area contributed by atoms with Crippen molar-refractivity contribution in [2.24, 2.45) is 23.2 Å². The molecule has 14 heteroatoms. The third kappa shape index (κ3) is 8.68. The molecule has 0 aliphatic rings. The van der Waals surface area contributed by atoms with Crippen molar-refractivity contribution in [3.63, 3.8) is 0 Å². The number of benzene rings is 1. The van der Waals surface area contributed by atoms with Crippen LogP contribution in [0.1, 0.15) is 36.8 Å². The predicted octanol–water partition coefficient (Wildman–Crippen LogP) is -0.812. The Hall–Kier alpha value is -4.30. The Balaban J connectivity index is 3.10. The van der Waals surface area contributed by atoms with E-state index in [0.717, 1.165) is 22.4 Å². The SMILES string of the molecule is N/C(=C\N(N)C(CCC(=O)O)C(=O)O)c1cccc(/C(N)=C/N(N)C(CCC(=O)O)C(=O)O)c1. The lowest BCUT2D eigenvalue weighted by Gasteiger charge is -2.23. The lowest BCUT2D eigenvalue weighted by atomic mass is 10.1. The zero-order chi connectivity index (χ0) is 26.0. The number of rotatable bonds is 14. The maximum absolute atomic E-state index is 11.4. The van der Waals surface area contributed by atoms with Crippen LogP contribution in [0.15, 0.2) is 36.7 Å². The standard InChI is InChI=1S/C20H28N6O8/c21-13(9-25(23)15(19(31)32)4-6-17(27)28)11-2-1-3-12(8-11)14(22)10-26(24)16(20(33)34)5-7-18(29)30/h1-3,8-10,15-16H,4-7,21-24H2,(H,27,28)(H,29,30)(H,31,32)(H,33,34)/b13-9-,14-10-. The fourth-order valence-corrected chi connectivity index (χ4v) is 2.85. The summed E-state index contributed by atoms with van der Waals surface area (Å²) in [5.41, 5.74) is 12.9. The number of aliphatic carboxylic acids is 4. The minimum absolute atomic E-state index is 0.0493. The van der Waals surface area contributed by atoms with E-state index in [-0.39, 0.29) is 24.2 Å². The van der Waals surface area contributed by atoms with Crippen LogP contribution in [0, 0.1) is 0 Å². The number of hydrazine groups is 2. The zero-order valence-corrected chi connectivity index (χ0v) is 18.1. The molecular formula is C20H28N6O8. The molecule has 0 saturated carbocycles. The van der Waals surface area contributed by atoms with Crippen molar-refractivity contribution in [1.29, 1.82) is 0 Å². The Labute approximate surface area is 194 Å². The molecule has 0 bridgehead atoms. The zero-order valence-electron chi connectivity index (χ0n) is 18.1. The normalized spacial score (nSPS) is 13.6. The largest absolute Gasteiger partial charge is 0.481 e. The minimum Gasteiger partial charge on any atom is -0.481 e. The van der Waals surface area contributed by atoms with Crippen molar-refractivity contribution < 1.29 is 39.6 Å². The van der Waals surface area contributed by atoms with Gasteiger partial charge in [-0.25, -0.2) is 21.3 Å². The van der Waals surface area contributed by atoms with Crippen molar-refractivity contribution >= 4 is 35.3 Å². The van der Waals surface area contributed by atoms with Crippen LogP contribution in [0.5, 0.6) is 0 Å². The van der Waals surface area contributed by atoms with Gasteiger partial charge in [0.15, 0.2) is 0 Å². The predicted molar refractivity (Wildman–Crippen MR) is 119 cm³/mol. The molecule has 2 atom stereocenters. The van der Waals surface area contributed by atoms with Gasteiger partial charge in [-0.05, 0) is 30.0 Å². The molecule has 0 aliphatic carbocycles. The Morgan fingerprint density at radius 1 is 0.765 bits per heavy atom. The summed E-state index contributed by atoms with van der Waals surface area (Å²) in [4.78, 5) is 44.3. The van der Waals surface area contributed by atoms with Gasteiger partial charge < -0.3 is 41.9 Å². The van der Waals surface area contributed by atoms with E-state index in [2.05, 4.69) is 0 Å². The molecule has 1 aromatic carbocycles. The summed E-state index contributed by atoms with van der Waals surface area (Å²) in [5, 5.41) is 37.7. The number of nitrogens with two attached hydrogens (primary N) is 4. The van der Waals surface area contributed by atoms with E-state index in [1.165, 1.54) is 6.07 Å². The summed E-state index contributed by atoms with van der Waals surface area (Å²) in [5.74, 6) is 6.53. The van der Waals surface area contributed by atoms with E-state index in [9.17, 15) is 29.4 Å². The summed E-state index contributed by atoms with van der Waals surface area (Å²) in [6, 6.07) is 3.60. The van der Waals surface area contributed by atoms with Gasteiger partial charge in [-0.3, -0.25) is 9.59 Å². The fraction of sp³-hybridized carbons (Fsp3) is 0.300. The average molecular weight is 480 g/mol. The van der Waals surface area contributed by atoms with Gasteiger partial charge in [-0.2, -0.15) is 0 Å². The van der Waals surface area contributed by atoms with Gasteiger partial charge in [0.05, 0.1) is 11.4 Å². The molecule has 1 aromatic rings. The summed E-state index contributed by atoms with van der Waals surface area (Å²) in [7, 11) is 0. The van der Waals surface area contributed by atoms with Crippen molar-refractivity contribution in [3.05, 3.63) is 47.8 Å². The molecule has 186 valence electrons. The molecule has 0 amide bonds. The van der Waals surface area contributed by atoms with Crippen LogP contribution in [-0.2, 0) is 19.2 Å². The highest BCUT2D eigenvalue weighted by atomic mass is 16.4. The third-order valence-electron chi connectivity index (χ3n) is 4.66. The summed E-state index contributed by atoms with van der Waals surface area (Å²) >= 11 is 0. The second-order valence-electron chi connectivity index (χ2n) is 7.22. The highest BCUT2D eigenvalue weighted by molar-refractivity contribution is 5.77. The lowest BCUT2D eigenvalue weighted by Crippen LogP contribution is -2.43. The monoisotopic (exact) mass is 480 g/mol. The quantitative estimate of drug-likeness (QED) is 0.120. The van der Waals surface area contributed by atoms with Gasteiger partial charge >= 0.3 is 23.9 Å². The smallest absolute Gasteiger partial charge is 0.327 e. The molecular weight excluding hydrogens is 452 g/mol. The van der Waals surface area contributed by atoms with Gasteiger partial charge in [0.25, 0.3) is 0 Å². The summed E-state index contributed by atoms with van der Waals surface area (Å²) < 4.78 is 0. The summed E-state index contributed by atoms with van der Waals surface area (Å²) in [6.07, 6.45) is 0.963. The van der Waals surface area contributed by atoms with Gasteiger partial charge in [-0.1, -0.05) is 18.2 Å². The lowest BCUT2D eigenvalue weighted by molar-refractivity contribution is -0.145. The first-order valence-corrected chi connectivity index (χ1v) is 9.84. The first-order valence-electron chi connectivity index (χ1n) is 9.84. The van der Waals surface area contributed by atoms with E-state index >= 15 is 0 Å². The molecule has 1 rings (SSSR count). The molecule has 0 heterocycles. The number of hydrogen-bond donors (Lipinski definition) is 8. The van der Waals surface area contributed by atoms with Crippen LogP contribution in [0.2, 0.25) is 0 Å². The number of carboxylic acids is 4. The molecule has 0 spiro atoms. The molecule has 14 nitrogen and oxygen atoms in total. The molecule has 2 unspecified atom stereocenters.